The molecule has 0 amide bonds. The van der Waals surface area contributed by atoms with Crippen molar-refractivity contribution in [3.63, 3.8) is 0 Å². The van der Waals surface area contributed by atoms with Gasteiger partial charge in [0.2, 0.25) is 0 Å². The number of carbonyl (C=O) groups is 2. The van der Waals surface area contributed by atoms with Crippen LogP contribution in [-0.4, -0.2) is 65.8 Å². The van der Waals surface area contributed by atoms with Gasteiger partial charge in [0.25, 0.3) is 0 Å². The smallest absolute Gasteiger partial charge is 0.870 e. The number of aliphatic carboxylic acids is 1. The van der Waals surface area contributed by atoms with Crippen molar-refractivity contribution in [3.8, 4) is 0 Å². The van der Waals surface area contributed by atoms with Crippen molar-refractivity contribution in [2.24, 2.45) is 0 Å². The van der Waals surface area contributed by atoms with Gasteiger partial charge in [0.1, 0.15) is 0 Å². The second kappa shape index (κ2) is 20.5. The Morgan fingerprint density at radius 3 is 1.46 bits per heavy atom. The molecule has 2 fully saturated rings. The Balaban J connectivity index is -0.000000137. The Morgan fingerprint density at radius 1 is 0.923 bits per heavy atom. The molecule has 2 N–H and O–H groups in total. The van der Waals surface area contributed by atoms with Gasteiger partial charge in [-0.2, -0.15) is 19.2 Å². The molecule has 2 rings (SSSR count). The first-order chi connectivity index (χ1) is 11.4. The molecule has 0 aromatic carbocycles. The fourth-order valence-electron chi connectivity index (χ4n) is 1.56. The van der Waals surface area contributed by atoms with Crippen LogP contribution >= 0.6 is 0 Å². The number of hydrogen-bond donors (Lipinski definition) is 1. The summed E-state index contributed by atoms with van der Waals surface area (Å²) in [4.78, 5) is 53.3. The van der Waals surface area contributed by atoms with E-state index in [0.717, 1.165) is 12.8 Å². The van der Waals surface area contributed by atoms with E-state index in [-0.39, 0.29) is 93.4 Å². The first kappa shape index (κ1) is 32.9. The third-order valence-electron chi connectivity index (χ3n) is 2.73. The number of rotatable bonds is 5. The van der Waals surface area contributed by atoms with Crippen molar-refractivity contribution in [1.82, 2.24) is 0 Å². The van der Waals surface area contributed by atoms with Gasteiger partial charge < -0.3 is 24.8 Å². The standard InChI is InChI=1S/C7H12O3.C5H8O3.2CO2.K.H2O/c1-3-5-6(10-5)7(8)9-4-2;1-2-3-4(8-3)5(6)7;2*2-1-3;;/h5-6H,3-4H2,1-2H3;3-4H,2H2,1H3,(H,6,7);;;;1H2/q;;;;+1;/p-1/t5-,6+;3-,4+;;;;/m11..../s1. The van der Waals surface area contributed by atoms with Crippen LogP contribution in [0, 0.1) is 0 Å². The molecular weight excluding hydrogens is 383 g/mol. The second-order valence-corrected chi connectivity index (χ2v) is 4.26. The van der Waals surface area contributed by atoms with E-state index in [4.69, 9.17) is 38.5 Å². The maximum atomic E-state index is 10.8. The van der Waals surface area contributed by atoms with Crippen molar-refractivity contribution in [2.75, 3.05) is 6.61 Å². The first-order valence-corrected chi connectivity index (χ1v) is 7.07. The summed E-state index contributed by atoms with van der Waals surface area (Å²) in [6, 6.07) is 0. The van der Waals surface area contributed by atoms with Gasteiger partial charge in [-0.25, -0.2) is 9.59 Å². The largest absolute Gasteiger partial charge is 1.00 e. The minimum absolute atomic E-state index is 0. The molecule has 0 bridgehead atoms. The third-order valence-corrected chi connectivity index (χ3v) is 2.73. The number of carboxylic acids is 1. The maximum absolute atomic E-state index is 10.8. The molecular formula is C14H21KO11. The Bertz CT molecular complexity index is 444. The fourth-order valence-corrected chi connectivity index (χ4v) is 1.56. The minimum Gasteiger partial charge on any atom is -0.870 e. The van der Waals surface area contributed by atoms with Crippen LogP contribution in [0.5, 0.6) is 0 Å². The van der Waals surface area contributed by atoms with E-state index in [2.05, 4.69) is 0 Å². The molecule has 2 saturated heterocycles. The van der Waals surface area contributed by atoms with Gasteiger partial charge in [-0.1, -0.05) is 13.8 Å². The molecule has 144 valence electrons. The van der Waals surface area contributed by atoms with Gasteiger partial charge in [-0.15, -0.1) is 0 Å². The summed E-state index contributed by atoms with van der Waals surface area (Å²) in [6.07, 6.45) is 1.55. The molecule has 0 aliphatic carbocycles. The molecule has 2 aliphatic heterocycles. The number of carbonyl (C=O) groups excluding carboxylic acids is 5. The summed E-state index contributed by atoms with van der Waals surface area (Å²) in [5.41, 5.74) is 0. The predicted molar refractivity (Wildman–Crippen MR) is 74.1 cm³/mol. The molecule has 0 spiro atoms. The summed E-state index contributed by atoms with van der Waals surface area (Å²) in [7, 11) is 0. The van der Waals surface area contributed by atoms with Crippen LogP contribution in [-0.2, 0) is 43.0 Å². The molecule has 0 radical (unpaired) electrons. The normalized spacial score (nSPS) is 22.7. The van der Waals surface area contributed by atoms with Crippen molar-refractivity contribution in [2.45, 2.75) is 58.0 Å². The number of hydrogen-bond acceptors (Lipinski definition) is 10. The van der Waals surface area contributed by atoms with Gasteiger partial charge >= 0.3 is 75.6 Å². The van der Waals surface area contributed by atoms with E-state index >= 15 is 0 Å². The quantitative estimate of drug-likeness (QED) is 0.274. The fraction of sp³-hybridized carbons (Fsp3) is 0.714. The zero-order valence-electron chi connectivity index (χ0n) is 15.0. The molecule has 2 aliphatic rings. The Kier molecular flexibility index (Phi) is 25.9. The molecule has 4 atom stereocenters. The summed E-state index contributed by atoms with van der Waals surface area (Å²) in [6.45, 7) is 6.13. The van der Waals surface area contributed by atoms with Gasteiger partial charge in [0, 0.05) is 0 Å². The first-order valence-electron chi connectivity index (χ1n) is 7.07. The van der Waals surface area contributed by atoms with Crippen LogP contribution in [0.2, 0.25) is 0 Å². The van der Waals surface area contributed by atoms with E-state index in [9.17, 15) is 9.59 Å². The Labute approximate surface area is 192 Å². The van der Waals surface area contributed by atoms with E-state index in [1.165, 1.54) is 0 Å². The predicted octanol–water partition coefficient (Wildman–Crippen LogP) is -3.36. The van der Waals surface area contributed by atoms with Gasteiger partial charge in [-0.3, -0.25) is 0 Å². The van der Waals surface area contributed by atoms with Gasteiger partial charge in [-0.05, 0) is 19.8 Å². The summed E-state index contributed by atoms with van der Waals surface area (Å²) in [5.74, 6) is -1.05. The van der Waals surface area contributed by atoms with Gasteiger partial charge in [0.15, 0.2) is 12.2 Å². The zero-order chi connectivity index (χ0) is 19.1. The molecule has 0 unspecified atom stereocenters. The average molecular weight is 404 g/mol. The van der Waals surface area contributed by atoms with Crippen LogP contribution in [0.3, 0.4) is 0 Å². The molecule has 0 saturated carbocycles. The van der Waals surface area contributed by atoms with Crippen LogP contribution in [0.25, 0.3) is 0 Å². The zero-order valence-corrected chi connectivity index (χ0v) is 18.1. The van der Waals surface area contributed by atoms with Crippen molar-refractivity contribution >= 4 is 24.2 Å². The average Bonchev–Trinajstić information content (AvgIpc) is 3.42. The number of epoxide rings is 2. The summed E-state index contributed by atoms with van der Waals surface area (Å²) < 4.78 is 14.5. The Morgan fingerprint density at radius 2 is 1.27 bits per heavy atom. The van der Waals surface area contributed by atoms with Gasteiger partial charge in [0.05, 0.1) is 18.8 Å². The molecule has 12 heteroatoms. The van der Waals surface area contributed by atoms with Crippen molar-refractivity contribution < 1.29 is 105 Å². The summed E-state index contributed by atoms with van der Waals surface area (Å²) in [5, 5.41) is 8.23. The number of esters is 1. The van der Waals surface area contributed by atoms with Crippen LogP contribution in [0.4, 0.5) is 0 Å². The second-order valence-electron chi connectivity index (χ2n) is 4.26. The van der Waals surface area contributed by atoms with Crippen LogP contribution in [0.1, 0.15) is 33.6 Å². The molecule has 0 aromatic rings. The van der Waals surface area contributed by atoms with Crippen LogP contribution in [0.15, 0.2) is 0 Å². The van der Waals surface area contributed by atoms with Crippen molar-refractivity contribution in [3.05, 3.63) is 0 Å². The maximum Gasteiger partial charge on any atom is 1.00 e. The molecule has 11 nitrogen and oxygen atoms in total. The van der Waals surface area contributed by atoms with E-state index in [1.54, 1.807) is 6.92 Å². The van der Waals surface area contributed by atoms with Crippen molar-refractivity contribution in [1.29, 1.82) is 0 Å². The van der Waals surface area contributed by atoms with E-state index in [1.807, 2.05) is 13.8 Å². The van der Waals surface area contributed by atoms with E-state index in [0.29, 0.717) is 6.61 Å². The monoisotopic (exact) mass is 404 g/mol. The molecule has 2 heterocycles. The van der Waals surface area contributed by atoms with E-state index < -0.39 is 12.1 Å². The summed E-state index contributed by atoms with van der Waals surface area (Å²) >= 11 is 0. The third kappa shape index (κ3) is 16.7. The SMILES string of the molecule is CCOC(=O)[C@H]1O[C@@H]1CC.CC[C@H]1O[C@@H]1C(=O)O.O=C=O.O=C=O.[K+].[OH-]. The molecule has 26 heavy (non-hydrogen) atoms. The topological polar surface area (TPSA) is 187 Å². The van der Waals surface area contributed by atoms with Crippen LogP contribution < -0.4 is 51.4 Å². The number of carboxylic acid groups (broad SMARTS) is 1. The minimum atomic E-state index is -0.836. The molecule has 0 aromatic heterocycles. The number of ether oxygens (including phenoxy) is 3. The Hall–Kier alpha value is -0.784.